The van der Waals surface area contributed by atoms with Gasteiger partial charge < -0.3 is 9.64 Å². The monoisotopic (exact) mass is 470 g/mol. The molecule has 1 heterocycles. The van der Waals surface area contributed by atoms with Crippen molar-refractivity contribution in [3.8, 4) is 5.75 Å². The number of ether oxygens (including phenoxy) is 1. The van der Waals surface area contributed by atoms with Crippen LogP contribution in [0.2, 0.25) is 0 Å². The molecular weight excluding hydrogens is 445 g/mol. The van der Waals surface area contributed by atoms with Gasteiger partial charge in [0.15, 0.2) is 6.61 Å². The van der Waals surface area contributed by atoms with Gasteiger partial charge in [-0.2, -0.15) is 13.2 Å². The van der Waals surface area contributed by atoms with Crippen molar-refractivity contribution < 1.29 is 31.1 Å². The van der Waals surface area contributed by atoms with E-state index in [4.69, 9.17) is 4.74 Å². The predicted molar refractivity (Wildman–Crippen MR) is 114 cm³/mol. The lowest BCUT2D eigenvalue weighted by atomic mass is 9.97. The van der Waals surface area contributed by atoms with Gasteiger partial charge in [0.25, 0.3) is 15.9 Å². The van der Waals surface area contributed by atoms with Gasteiger partial charge in [-0.15, -0.1) is 0 Å². The minimum atomic E-state index is -4.32. The molecule has 1 aliphatic heterocycles. The van der Waals surface area contributed by atoms with E-state index in [2.05, 4.69) is 0 Å². The molecular formula is C22H25F3N2O4S. The lowest BCUT2D eigenvalue weighted by molar-refractivity contribution is -0.188. The van der Waals surface area contributed by atoms with Gasteiger partial charge >= 0.3 is 6.18 Å². The van der Waals surface area contributed by atoms with Crippen LogP contribution in [0.15, 0.2) is 53.4 Å². The second-order valence-corrected chi connectivity index (χ2v) is 9.76. The van der Waals surface area contributed by atoms with E-state index in [9.17, 15) is 26.4 Å². The maximum atomic E-state index is 12.9. The molecule has 0 bridgehead atoms. The molecule has 1 amide bonds. The van der Waals surface area contributed by atoms with E-state index in [1.54, 1.807) is 12.1 Å². The third-order valence-electron chi connectivity index (χ3n) is 5.48. The molecule has 0 aliphatic carbocycles. The summed E-state index contributed by atoms with van der Waals surface area (Å²) < 4.78 is 70.9. The average molecular weight is 471 g/mol. The summed E-state index contributed by atoms with van der Waals surface area (Å²) >= 11 is 0. The van der Waals surface area contributed by atoms with Gasteiger partial charge in [0, 0.05) is 20.1 Å². The zero-order valence-electron chi connectivity index (χ0n) is 17.8. The van der Waals surface area contributed by atoms with Crippen LogP contribution in [0, 0.1) is 12.8 Å². The fourth-order valence-corrected chi connectivity index (χ4v) is 4.66. The molecule has 1 aliphatic rings. The maximum absolute atomic E-state index is 12.9. The number of halogens is 3. The van der Waals surface area contributed by atoms with Crippen LogP contribution in [0.1, 0.15) is 18.4 Å². The minimum Gasteiger partial charge on any atom is -0.484 e. The van der Waals surface area contributed by atoms with E-state index < -0.39 is 28.0 Å². The van der Waals surface area contributed by atoms with Crippen molar-refractivity contribution in [2.75, 3.05) is 31.0 Å². The van der Waals surface area contributed by atoms with Crippen molar-refractivity contribution in [1.82, 2.24) is 4.90 Å². The molecule has 10 heteroatoms. The van der Waals surface area contributed by atoms with E-state index in [1.807, 2.05) is 6.92 Å². The lowest BCUT2D eigenvalue weighted by Gasteiger charge is -2.33. The lowest BCUT2D eigenvalue weighted by Crippen LogP contribution is -2.46. The first kappa shape index (κ1) is 23.9. The molecule has 1 saturated heterocycles. The van der Waals surface area contributed by atoms with Gasteiger partial charge in [-0.25, -0.2) is 8.42 Å². The number of carbonyl (C=O) groups is 1. The Labute approximate surface area is 185 Å². The largest absolute Gasteiger partial charge is 0.484 e. The topological polar surface area (TPSA) is 66.9 Å². The van der Waals surface area contributed by atoms with Crippen LogP contribution in [-0.4, -0.2) is 52.1 Å². The zero-order valence-corrected chi connectivity index (χ0v) is 18.6. The Balaban J connectivity index is 1.60. The second kappa shape index (κ2) is 9.40. The zero-order chi connectivity index (χ0) is 23.5. The van der Waals surface area contributed by atoms with Crippen molar-refractivity contribution in [3.05, 3.63) is 54.1 Å². The number of carbonyl (C=O) groups excluding carboxylic acids is 1. The molecule has 174 valence electrons. The molecule has 0 saturated carbocycles. The Bertz CT molecular complexity index is 1040. The number of hydrogen-bond acceptors (Lipinski definition) is 4. The Morgan fingerprint density at radius 2 is 1.75 bits per heavy atom. The number of hydrogen-bond donors (Lipinski definition) is 0. The first-order valence-corrected chi connectivity index (χ1v) is 11.6. The molecule has 1 atom stereocenters. The molecule has 0 aromatic heterocycles. The summed E-state index contributed by atoms with van der Waals surface area (Å²) in [5, 5.41) is 0. The number of aryl methyl sites for hydroxylation is 1. The van der Waals surface area contributed by atoms with Crippen LogP contribution in [-0.2, 0) is 14.8 Å². The van der Waals surface area contributed by atoms with Gasteiger partial charge in [0.05, 0.1) is 16.5 Å². The first-order chi connectivity index (χ1) is 15.0. The van der Waals surface area contributed by atoms with Crippen molar-refractivity contribution >= 4 is 21.6 Å². The fourth-order valence-electron chi connectivity index (χ4n) is 3.47. The molecule has 6 nitrogen and oxygen atoms in total. The van der Waals surface area contributed by atoms with Crippen LogP contribution in [0.5, 0.6) is 5.75 Å². The highest BCUT2D eigenvalue weighted by atomic mass is 32.2. The number of benzene rings is 2. The van der Waals surface area contributed by atoms with E-state index in [0.717, 1.165) is 9.87 Å². The first-order valence-electron chi connectivity index (χ1n) is 10.1. The normalized spacial score (nSPS) is 17.2. The number of alkyl halides is 3. The number of anilines is 1. The molecule has 1 fully saturated rings. The number of amides is 1. The van der Waals surface area contributed by atoms with Crippen LogP contribution in [0.25, 0.3) is 0 Å². The van der Waals surface area contributed by atoms with E-state index in [0.29, 0.717) is 17.9 Å². The third-order valence-corrected chi connectivity index (χ3v) is 7.28. The molecule has 0 N–H and O–H groups in total. The highest BCUT2D eigenvalue weighted by Crippen LogP contribution is 2.33. The average Bonchev–Trinajstić information content (AvgIpc) is 2.77. The number of piperidine rings is 1. The highest BCUT2D eigenvalue weighted by molar-refractivity contribution is 7.92. The van der Waals surface area contributed by atoms with Gasteiger partial charge in [-0.1, -0.05) is 17.7 Å². The molecule has 0 unspecified atom stereocenters. The highest BCUT2D eigenvalue weighted by Gasteiger charge is 2.42. The van der Waals surface area contributed by atoms with Crippen LogP contribution >= 0.6 is 0 Å². The van der Waals surface area contributed by atoms with E-state index >= 15 is 0 Å². The Kier molecular flexibility index (Phi) is 7.02. The number of sulfonamides is 1. The summed E-state index contributed by atoms with van der Waals surface area (Å²) in [6.45, 7) is 1.40. The maximum Gasteiger partial charge on any atom is 0.393 e. The summed E-state index contributed by atoms with van der Waals surface area (Å²) in [4.78, 5) is 13.6. The quantitative estimate of drug-likeness (QED) is 0.640. The van der Waals surface area contributed by atoms with E-state index in [1.165, 1.54) is 48.3 Å². The van der Waals surface area contributed by atoms with Gasteiger partial charge in [-0.05, 0) is 56.2 Å². The van der Waals surface area contributed by atoms with Crippen LogP contribution in [0.3, 0.4) is 0 Å². The molecule has 32 heavy (non-hydrogen) atoms. The Hall–Kier alpha value is -2.75. The number of nitrogens with zero attached hydrogens (tertiary/aromatic N) is 2. The molecule has 0 spiro atoms. The summed E-state index contributed by atoms with van der Waals surface area (Å²) in [6.07, 6.45) is -4.00. The Morgan fingerprint density at radius 3 is 2.34 bits per heavy atom. The smallest absolute Gasteiger partial charge is 0.393 e. The SMILES string of the molecule is Cc1ccc(S(=O)(=O)N(C)c2ccc(OCC(=O)N3CCC[C@@H](C(F)(F)F)C3)cc2)cc1. The van der Waals surface area contributed by atoms with Gasteiger partial charge in [0.1, 0.15) is 5.75 Å². The third kappa shape index (κ3) is 5.53. The standard InChI is InChI=1S/C22H25F3N2O4S/c1-16-5-11-20(12-6-16)32(29,30)26(2)18-7-9-19(10-8-18)31-15-21(28)27-13-3-4-17(14-27)22(23,24)25/h5-12,17H,3-4,13-15H2,1-2H3/t17-/m1/s1. The molecule has 0 radical (unpaired) electrons. The second-order valence-electron chi connectivity index (χ2n) is 7.79. The minimum absolute atomic E-state index is 0.0224. The summed E-state index contributed by atoms with van der Waals surface area (Å²) in [5.74, 6) is -1.71. The van der Waals surface area contributed by atoms with Crippen molar-refractivity contribution in [3.63, 3.8) is 0 Å². The van der Waals surface area contributed by atoms with Gasteiger partial charge in [-0.3, -0.25) is 9.10 Å². The Morgan fingerprint density at radius 1 is 1.12 bits per heavy atom. The predicted octanol–water partition coefficient (Wildman–Crippen LogP) is 4.00. The molecule has 2 aromatic carbocycles. The van der Waals surface area contributed by atoms with Crippen LogP contribution in [0.4, 0.5) is 18.9 Å². The summed E-state index contributed by atoms with van der Waals surface area (Å²) in [6, 6.07) is 12.6. The summed E-state index contributed by atoms with van der Waals surface area (Å²) in [5.41, 5.74) is 1.34. The molecule has 2 aromatic rings. The van der Waals surface area contributed by atoms with Crippen molar-refractivity contribution in [1.29, 1.82) is 0 Å². The van der Waals surface area contributed by atoms with Crippen LogP contribution < -0.4 is 9.04 Å². The van der Waals surface area contributed by atoms with Gasteiger partial charge in [0.2, 0.25) is 0 Å². The molecule has 3 rings (SSSR count). The summed E-state index contributed by atoms with van der Waals surface area (Å²) in [7, 11) is -2.31. The fraction of sp³-hybridized carbons (Fsp3) is 0.409. The number of likely N-dealkylation sites (tertiary alicyclic amines) is 1. The van der Waals surface area contributed by atoms with E-state index in [-0.39, 0.29) is 31.0 Å². The van der Waals surface area contributed by atoms with Crippen molar-refractivity contribution in [2.24, 2.45) is 5.92 Å². The number of rotatable bonds is 6. The van der Waals surface area contributed by atoms with Crippen molar-refractivity contribution in [2.45, 2.75) is 30.8 Å².